The van der Waals surface area contributed by atoms with Gasteiger partial charge in [-0.1, -0.05) is 19.1 Å². The highest BCUT2D eigenvalue weighted by molar-refractivity contribution is 6.07. The summed E-state index contributed by atoms with van der Waals surface area (Å²) in [5, 5.41) is 7.75. The monoisotopic (exact) mass is 373 g/mol. The molecule has 1 aromatic carbocycles. The molecule has 2 atom stereocenters. The van der Waals surface area contributed by atoms with Crippen LogP contribution in [0.1, 0.15) is 18.9 Å². The molecule has 0 unspecified atom stereocenters. The number of piperazine rings is 1. The third-order valence-electron chi connectivity index (χ3n) is 6.83. The lowest BCUT2D eigenvalue weighted by Crippen LogP contribution is -2.48. The second-order valence-electron chi connectivity index (χ2n) is 8.36. The number of fused-ring (bicyclic) bond motifs is 3. The van der Waals surface area contributed by atoms with Gasteiger partial charge in [-0.15, -0.1) is 0 Å². The molecule has 28 heavy (non-hydrogen) atoms. The van der Waals surface area contributed by atoms with Crippen molar-refractivity contribution in [3.8, 4) is 11.1 Å². The predicted molar refractivity (Wildman–Crippen MR) is 111 cm³/mol. The number of carbonyl (C=O) groups excluding carboxylic acids is 1. The van der Waals surface area contributed by atoms with Gasteiger partial charge >= 0.3 is 0 Å². The fraction of sp³-hybridized carbons (Fsp3) is 0.364. The summed E-state index contributed by atoms with van der Waals surface area (Å²) >= 11 is 0. The van der Waals surface area contributed by atoms with Gasteiger partial charge < -0.3 is 20.5 Å². The molecule has 3 aliphatic rings. The first-order chi connectivity index (χ1) is 13.7. The van der Waals surface area contributed by atoms with E-state index < -0.39 is 0 Å². The molecule has 142 valence electrons. The number of amides is 1. The van der Waals surface area contributed by atoms with Crippen molar-refractivity contribution in [1.82, 2.24) is 15.3 Å². The Bertz CT molecular complexity index is 1120. The summed E-state index contributed by atoms with van der Waals surface area (Å²) < 4.78 is 0. The molecule has 6 heteroatoms. The maximum atomic E-state index is 12.4. The van der Waals surface area contributed by atoms with Crippen molar-refractivity contribution in [3.63, 3.8) is 0 Å². The van der Waals surface area contributed by atoms with Crippen molar-refractivity contribution in [2.24, 2.45) is 5.92 Å². The topological polar surface area (TPSA) is 73.1 Å². The van der Waals surface area contributed by atoms with E-state index in [9.17, 15) is 4.79 Å². The zero-order chi connectivity index (χ0) is 18.9. The fourth-order valence-corrected chi connectivity index (χ4v) is 5.04. The first-order valence-electron chi connectivity index (χ1n) is 10.0. The summed E-state index contributed by atoms with van der Waals surface area (Å²) in [7, 11) is 0. The maximum Gasteiger partial charge on any atom is 0.241 e. The fourth-order valence-electron chi connectivity index (χ4n) is 5.04. The van der Waals surface area contributed by atoms with Crippen molar-refractivity contribution >= 4 is 28.3 Å². The second-order valence-corrected chi connectivity index (χ2v) is 8.36. The summed E-state index contributed by atoms with van der Waals surface area (Å²) in [5.74, 6) is 1.87. The summed E-state index contributed by atoms with van der Waals surface area (Å²) in [6.45, 7) is 5.23. The van der Waals surface area contributed by atoms with E-state index in [2.05, 4.69) is 40.9 Å². The van der Waals surface area contributed by atoms with Crippen LogP contribution in [0.2, 0.25) is 0 Å². The number of hydrogen-bond acceptors (Lipinski definition) is 4. The number of rotatable bonds is 2. The van der Waals surface area contributed by atoms with Gasteiger partial charge in [-0.05, 0) is 24.5 Å². The first-order valence-corrected chi connectivity index (χ1v) is 10.0. The Kier molecular flexibility index (Phi) is 3.21. The van der Waals surface area contributed by atoms with E-state index >= 15 is 0 Å². The van der Waals surface area contributed by atoms with Gasteiger partial charge in [0.05, 0.1) is 17.7 Å². The molecule has 6 nitrogen and oxygen atoms in total. The molecular weight excluding hydrogens is 350 g/mol. The number of pyridine rings is 1. The Labute approximate surface area is 163 Å². The Hall–Kier alpha value is -2.86. The molecule has 1 aliphatic carbocycles. The molecule has 3 N–H and O–H groups in total. The summed E-state index contributed by atoms with van der Waals surface area (Å²) in [4.78, 5) is 22.4. The molecule has 3 aromatic rings. The zero-order valence-electron chi connectivity index (χ0n) is 15.9. The highest BCUT2D eigenvalue weighted by atomic mass is 16.2. The number of aromatic amines is 1. The van der Waals surface area contributed by atoms with Crippen molar-refractivity contribution in [1.29, 1.82) is 0 Å². The smallest absolute Gasteiger partial charge is 0.241 e. The number of benzene rings is 1. The lowest BCUT2D eigenvalue weighted by Gasteiger charge is -2.27. The van der Waals surface area contributed by atoms with Crippen LogP contribution in [0.25, 0.3) is 22.0 Å². The number of nitrogens with one attached hydrogen (secondary N) is 3. The van der Waals surface area contributed by atoms with Crippen LogP contribution in [-0.4, -0.2) is 42.1 Å². The van der Waals surface area contributed by atoms with Gasteiger partial charge in [0.1, 0.15) is 5.82 Å². The zero-order valence-corrected chi connectivity index (χ0v) is 15.9. The first kappa shape index (κ1) is 16.1. The SMILES string of the molecule is C[C@H]1C[C@]12CNc1ncc(-c3c[nH]c4c(N5CCNCC5=O)cccc34)cc12. The molecule has 1 spiro atoms. The van der Waals surface area contributed by atoms with Crippen LogP contribution >= 0.6 is 0 Å². The van der Waals surface area contributed by atoms with E-state index in [0.29, 0.717) is 19.0 Å². The number of aromatic nitrogens is 2. The number of H-pyrrole nitrogens is 1. The van der Waals surface area contributed by atoms with Crippen molar-refractivity contribution in [2.75, 3.05) is 36.4 Å². The van der Waals surface area contributed by atoms with Gasteiger partial charge in [-0.2, -0.15) is 0 Å². The maximum absolute atomic E-state index is 12.4. The van der Waals surface area contributed by atoms with E-state index in [-0.39, 0.29) is 11.3 Å². The van der Waals surface area contributed by atoms with Gasteiger partial charge in [0.25, 0.3) is 0 Å². The van der Waals surface area contributed by atoms with Crippen LogP contribution in [-0.2, 0) is 10.2 Å². The molecule has 1 amide bonds. The minimum absolute atomic E-state index is 0.116. The van der Waals surface area contributed by atoms with Crippen LogP contribution in [0, 0.1) is 5.92 Å². The van der Waals surface area contributed by atoms with Gasteiger partial charge in [0, 0.05) is 59.5 Å². The molecule has 0 bridgehead atoms. The van der Waals surface area contributed by atoms with E-state index in [4.69, 9.17) is 4.98 Å². The third-order valence-corrected chi connectivity index (χ3v) is 6.83. The van der Waals surface area contributed by atoms with Crippen LogP contribution in [0.3, 0.4) is 0 Å². The number of para-hydroxylation sites is 1. The van der Waals surface area contributed by atoms with Crippen LogP contribution in [0.4, 0.5) is 11.5 Å². The average molecular weight is 373 g/mol. The van der Waals surface area contributed by atoms with Crippen LogP contribution < -0.4 is 15.5 Å². The molecule has 2 aliphatic heterocycles. The van der Waals surface area contributed by atoms with Crippen LogP contribution in [0.15, 0.2) is 36.7 Å². The number of anilines is 2. The van der Waals surface area contributed by atoms with Gasteiger partial charge in [0.15, 0.2) is 0 Å². The van der Waals surface area contributed by atoms with Crippen LogP contribution in [0.5, 0.6) is 0 Å². The van der Waals surface area contributed by atoms with E-state index in [1.807, 2.05) is 23.2 Å². The highest BCUT2D eigenvalue weighted by Gasteiger charge is 2.56. The van der Waals surface area contributed by atoms with Crippen molar-refractivity contribution < 1.29 is 4.79 Å². The quantitative estimate of drug-likeness (QED) is 0.646. The molecule has 1 saturated heterocycles. The molecule has 0 radical (unpaired) electrons. The van der Waals surface area contributed by atoms with E-state index in [0.717, 1.165) is 46.6 Å². The molecule has 6 rings (SSSR count). The normalized spacial score (nSPS) is 26.0. The third kappa shape index (κ3) is 2.12. The molecule has 2 fully saturated rings. The van der Waals surface area contributed by atoms with Crippen molar-refractivity contribution in [3.05, 3.63) is 42.2 Å². The Balaban J connectivity index is 1.46. The predicted octanol–water partition coefficient (Wildman–Crippen LogP) is 2.87. The van der Waals surface area contributed by atoms with E-state index in [1.54, 1.807) is 0 Å². The lowest BCUT2D eigenvalue weighted by atomic mass is 9.94. The number of hydrogen-bond donors (Lipinski definition) is 3. The molecule has 2 aromatic heterocycles. The Morgan fingerprint density at radius 3 is 3.04 bits per heavy atom. The molecular formula is C22H23N5O. The standard InChI is InChI=1S/C22H23N5O/c1-13-8-22(13)12-26-21-17(22)7-14(9-25-21)16-10-24-20-15(16)3-2-4-18(20)27-6-5-23-11-19(27)28/h2-4,7,9-10,13,23-24H,5-6,8,11-12H2,1H3,(H,25,26)/t13-,22-/m0/s1. The minimum Gasteiger partial charge on any atom is -0.369 e. The second kappa shape index (κ2) is 5.58. The Morgan fingerprint density at radius 1 is 1.32 bits per heavy atom. The van der Waals surface area contributed by atoms with Gasteiger partial charge in [-0.3, -0.25) is 4.79 Å². The van der Waals surface area contributed by atoms with Gasteiger partial charge in [0.2, 0.25) is 5.91 Å². The molecule has 1 saturated carbocycles. The Morgan fingerprint density at radius 2 is 2.21 bits per heavy atom. The van der Waals surface area contributed by atoms with Gasteiger partial charge in [-0.25, -0.2) is 4.98 Å². The summed E-state index contributed by atoms with van der Waals surface area (Å²) in [6.07, 6.45) is 5.25. The van der Waals surface area contributed by atoms with E-state index in [1.165, 1.54) is 12.0 Å². The number of nitrogens with zero attached hydrogens (tertiary/aromatic N) is 2. The summed E-state index contributed by atoms with van der Waals surface area (Å²) in [6, 6.07) is 8.50. The summed E-state index contributed by atoms with van der Waals surface area (Å²) in [5.41, 5.74) is 5.89. The largest absolute Gasteiger partial charge is 0.369 e. The lowest BCUT2D eigenvalue weighted by molar-refractivity contribution is -0.118. The average Bonchev–Trinajstić information content (AvgIpc) is 3.04. The minimum atomic E-state index is 0.116. The highest BCUT2D eigenvalue weighted by Crippen LogP contribution is 2.59. The molecule has 4 heterocycles. The van der Waals surface area contributed by atoms with Crippen molar-refractivity contribution in [2.45, 2.75) is 18.8 Å². The number of carbonyl (C=O) groups is 1.